The number of aromatic hydroxyl groups is 1. The van der Waals surface area contributed by atoms with Gasteiger partial charge in [-0.3, -0.25) is 4.68 Å². The maximum Gasteiger partial charge on any atom is 0.233 e. The summed E-state index contributed by atoms with van der Waals surface area (Å²) in [4.78, 5) is 0. The highest BCUT2D eigenvalue weighted by molar-refractivity contribution is 5.30. The van der Waals surface area contributed by atoms with Crippen molar-refractivity contribution in [3.63, 3.8) is 0 Å². The molecule has 0 unspecified atom stereocenters. The van der Waals surface area contributed by atoms with Gasteiger partial charge in [0.15, 0.2) is 0 Å². The van der Waals surface area contributed by atoms with Crippen LogP contribution in [0.3, 0.4) is 0 Å². The molecule has 1 heterocycles. The van der Waals surface area contributed by atoms with Crippen molar-refractivity contribution in [3.8, 4) is 5.88 Å². The van der Waals surface area contributed by atoms with E-state index in [1.54, 1.807) is 0 Å². The topological polar surface area (TPSA) is 38.1 Å². The number of nitrogens with zero attached hydrogens (tertiary/aromatic N) is 2. The maximum atomic E-state index is 9.84. The number of unbranched alkanes of at least 4 members (excludes halogenated alkanes) is 1. The molecule has 3 nitrogen and oxygen atoms in total. The van der Waals surface area contributed by atoms with Crippen LogP contribution in [-0.2, 0) is 19.4 Å². The zero-order valence-corrected chi connectivity index (χ0v) is 10.8. The number of aromatic nitrogens is 2. The lowest BCUT2D eigenvalue weighted by Crippen LogP contribution is -2.06. The van der Waals surface area contributed by atoms with E-state index >= 15 is 0 Å². The SMILES string of the molecule is CCCCc1c(CCC)c(O)nn1CCC. The molecule has 1 aromatic heterocycles. The number of rotatable bonds is 7. The van der Waals surface area contributed by atoms with Gasteiger partial charge in [0.05, 0.1) is 0 Å². The van der Waals surface area contributed by atoms with Gasteiger partial charge in [0.1, 0.15) is 0 Å². The fourth-order valence-corrected chi connectivity index (χ4v) is 2.05. The quantitative estimate of drug-likeness (QED) is 0.771. The minimum Gasteiger partial charge on any atom is -0.492 e. The number of hydrogen-bond donors (Lipinski definition) is 1. The summed E-state index contributed by atoms with van der Waals surface area (Å²) in [6.45, 7) is 7.39. The summed E-state index contributed by atoms with van der Waals surface area (Å²) in [7, 11) is 0. The maximum absolute atomic E-state index is 9.84. The smallest absolute Gasteiger partial charge is 0.233 e. The van der Waals surface area contributed by atoms with E-state index < -0.39 is 0 Å². The number of aryl methyl sites for hydroxylation is 1. The molecular weight excluding hydrogens is 200 g/mol. The summed E-state index contributed by atoms with van der Waals surface area (Å²) >= 11 is 0. The highest BCUT2D eigenvalue weighted by Gasteiger charge is 2.15. The highest BCUT2D eigenvalue weighted by Crippen LogP contribution is 2.24. The Bertz CT molecular complexity index is 318. The average molecular weight is 224 g/mol. The molecule has 3 heteroatoms. The second-order valence-corrected chi connectivity index (χ2v) is 4.33. The van der Waals surface area contributed by atoms with Gasteiger partial charge in [-0.1, -0.05) is 33.6 Å². The van der Waals surface area contributed by atoms with Crippen molar-refractivity contribution in [1.82, 2.24) is 9.78 Å². The summed E-state index contributed by atoms with van der Waals surface area (Å²) in [5, 5.41) is 14.1. The molecule has 92 valence electrons. The molecular formula is C13H24N2O. The normalized spacial score (nSPS) is 10.9. The summed E-state index contributed by atoms with van der Waals surface area (Å²) in [6.07, 6.45) is 6.46. The largest absolute Gasteiger partial charge is 0.492 e. The predicted molar refractivity (Wildman–Crippen MR) is 66.8 cm³/mol. The number of hydrogen-bond acceptors (Lipinski definition) is 2. The third kappa shape index (κ3) is 3.00. The monoisotopic (exact) mass is 224 g/mol. The first-order valence-electron chi connectivity index (χ1n) is 6.52. The minimum atomic E-state index is 0.251. The Balaban J connectivity index is 2.94. The lowest BCUT2D eigenvalue weighted by atomic mass is 10.1. The van der Waals surface area contributed by atoms with E-state index in [2.05, 4.69) is 25.9 Å². The van der Waals surface area contributed by atoms with Crippen LogP contribution in [0, 0.1) is 0 Å². The molecule has 0 aliphatic carbocycles. The fourth-order valence-electron chi connectivity index (χ4n) is 2.05. The van der Waals surface area contributed by atoms with Crippen LogP contribution in [0.25, 0.3) is 0 Å². The van der Waals surface area contributed by atoms with Crippen molar-refractivity contribution in [2.75, 3.05) is 0 Å². The Hall–Kier alpha value is -0.990. The van der Waals surface area contributed by atoms with Crippen molar-refractivity contribution in [2.24, 2.45) is 0 Å². The van der Waals surface area contributed by atoms with Crippen LogP contribution in [-0.4, -0.2) is 14.9 Å². The molecule has 0 fully saturated rings. The van der Waals surface area contributed by atoms with Crippen molar-refractivity contribution >= 4 is 0 Å². The molecule has 0 aromatic carbocycles. The molecule has 16 heavy (non-hydrogen) atoms. The Morgan fingerprint density at radius 3 is 2.38 bits per heavy atom. The molecule has 0 spiro atoms. The molecule has 1 aromatic rings. The van der Waals surface area contributed by atoms with Crippen LogP contribution in [0.1, 0.15) is 57.7 Å². The Morgan fingerprint density at radius 2 is 1.81 bits per heavy atom. The van der Waals surface area contributed by atoms with Gasteiger partial charge < -0.3 is 5.11 Å². The first-order chi connectivity index (χ1) is 7.74. The van der Waals surface area contributed by atoms with Crippen LogP contribution < -0.4 is 0 Å². The molecule has 0 amide bonds. The zero-order chi connectivity index (χ0) is 12.0. The summed E-state index contributed by atoms with van der Waals surface area (Å²) < 4.78 is 2.00. The lowest BCUT2D eigenvalue weighted by molar-refractivity contribution is 0.431. The molecule has 0 aliphatic heterocycles. The highest BCUT2D eigenvalue weighted by atomic mass is 16.3. The van der Waals surface area contributed by atoms with Crippen LogP contribution in [0.5, 0.6) is 5.88 Å². The third-order valence-corrected chi connectivity index (χ3v) is 2.85. The summed E-state index contributed by atoms with van der Waals surface area (Å²) in [6, 6.07) is 0. The molecule has 0 aliphatic rings. The average Bonchev–Trinajstić information content (AvgIpc) is 2.54. The van der Waals surface area contributed by atoms with Gasteiger partial charge in [-0.25, -0.2) is 0 Å². The zero-order valence-electron chi connectivity index (χ0n) is 10.8. The predicted octanol–water partition coefficient (Wildman–Crippen LogP) is 3.29. The van der Waals surface area contributed by atoms with Crippen molar-refractivity contribution < 1.29 is 5.11 Å². The van der Waals surface area contributed by atoms with Gasteiger partial charge in [0, 0.05) is 17.8 Å². The first kappa shape index (κ1) is 13.1. The first-order valence-corrected chi connectivity index (χ1v) is 6.52. The van der Waals surface area contributed by atoms with Gasteiger partial charge >= 0.3 is 0 Å². The van der Waals surface area contributed by atoms with Gasteiger partial charge in [0.2, 0.25) is 5.88 Å². The third-order valence-electron chi connectivity index (χ3n) is 2.85. The lowest BCUT2D eigenvalue weighted by Gasteiger charge is -2.07. The van der Waals surface area contributed by atoms with Crippen LogP contribution >= 0.6 is 0 Å². The van der Waals surface area contributed by atoms with E-state index in [1.165, 1.54) is 18.5 Å². The molecule has 0 saturated heterocycles. The summed E-state index contributed by atoms with van der Waals surface area (Å²) in [5.74, 6) is 0.251. The van der Waals surface area contributed by atoms with E-state index in [0.29, 0.717) is 0 Å². The van der Waals surface area contributed by atoms with E-state index in [-0.39, 0.29) is 5.88 Å². The molecule has 0 bridgehead atoms. The Kier molecular flexibility index (Phi) is 5.36. The molecule has 0 saturated carbocycles. The molecule has 1 N–H and O–H groups in total. The molecule has 1 rings (SSSR count). The second-order valence-electron chi connectivity index (χ2n) is 4.33. The van der Waals surface area contributed by atoms with Gasteiger partial charge in [-0.05, 0) is 25.7 Å². The van der Waals surface area contributed by atoms with Gasteiger partial charge in [0.25, 0.3) is 0 Å². The van der Waals surface area contributed by atoms with Crippen LogP contribution in [0.2, 0.25) is 0 Å². The van der Waals surface area contributed by atoms with E-state index in [4.69, 9.17) is 0 Å². The van der Waals surface area contributed by atoms with Crippen molar-refractivity contribution in [1.29, 1.82) is 0 Å². The Labute approximate surface area is 98.5 Å². The van der Waals surface area contributed by atoms with Crippen LogP contribution in [0.15, 0.2) is 0 Å². The van der Waals surface area contributed by atoms with E-state index in [9.17, 15) is 5.11 Å². The van der Waals surface area contributed by atoms with Gasteiger partial charge in [-0.15, -0.1) is 5.10 Å². The van der Waals surface area contributed by atoms with E-state index in [1.807, 2.05) is 4.68 Å². The molecule has 0 atom stereocenters. The van der Waals surface area contributed by atoms with Gasteiger partial charge in [-0.2, -0.15) is 0 Å². The molecule has 0 radical (unpaired) electrons. The van der Waals surface area contributed by atoms with Crippen molar-refractivity contribution in [3.05, 3.63) is 11.3 Å². The standard InChI is InChI=1S/C13H24N2O/c1-4-7-9-12-11(8-5-2)13(16)14-15(12)10-6-3/h4-10H2,1-3H3,(H,14,16). The van der Waals surface area contributed by atoms with Crippen molar-refractivity contribution in [2.45, 2.75) is 65.8 Å². The van der Waals surface area contributed by atoms with E-state index in [0.717, 1.165) is 37.8 Å². The fraction of sp³-hybridized carbons (Fsp3) is 0.769. The second kappa shape index (κ2) is 6.56. The minimum absolute atomic E-state index is 0.251. The van der Waals surface area contributed by atoms with Crippen LogP contribution in [0.4, 0.5) is 0 Å². The summed E-state index contributed by atoms with van der Waals surface area (Å²) in [5.41, 5.74) is 2.33. The Morgan fingerprint density at radius 1 is 1.06 bits per heavy atom.